The van der Waals surface area contributed by atoms with Crippen LogP contribution in [0.25, 0.3) is 0 Å². The molecule has 0 saturated carbocycles. The van der Waals surface area contributed by atoms with Gasteiger partial charge in [0, 0.05) is 0 Å². The maximum Gasteiger partial charge on any atom is 1.00 e. The summed E-state index contributed by atoms with van der Waals surface area (Å²) in [6.45, 7) is 0. The van der Waals surface area contributed by atoms with Crippen LogP contribution in [0.15, 0.2) is 0 Å². The molecule has 56 valence electrons. The van der Waals surface area contributed by atoms with E-state index in [1.54, 1.807) is 0 Å². The third-order valence-corrected chi connectivity index (χ3v) is 0. The molecule has 3 atom stereocenters. The molecule has 0 aromatic carbocycles. The van der Waals surface area contributed by atoms with Crippen molar-refractivity contribution in [1.29, 1.82) is 0 Å². The summed E-state index contributed by atoms with van der Waals surface area (Å²) < 4.78 is 8.55. The summed E-state index contributed by atoms with van der Waals surface area (Å²) in [5.41, 5.74) is 0. The van der Waals surface area contributed by atoms with Crippen LogP contribution in [0.2, 0.25) is 0 Å². The van der Waals surface area contributed by atoms with E-state index in [0.29, 0.717) is 0 Å². The molecule has 0 aliphatic heterocycles. The summed E-state index contributed by atoms with van der Waals surface area (Å²) in [4.78, 5) is 25.6. The Balaban J connectivity index is -0.00000000533. The Morgan fingerprint density at radius 1 is 0.727 bits per heavy atom. The first-order valence-electron chi connectivity index (χ1n) is 0.730. The Labute approximate surface area is 204 Å². The molecule has 0 aliphatic rings. The number of rotatable bonds is 0. The van der Waals surface area contributed by atoms with Crippen LogP contribution in [0.1, 0.15) is 0 Å². The van der Waals surface area contributed by atoms with Crippen LogP contribution in [0.4, 0.5) is 0 Å². The molecule has 0 heterocycles. The van der Waals surface area contributed by atoms with Crippen molar-refractivity contribution < 1.29 is 173 Å². The van der Waals surface area contributed by atoms with E-state index >= 15 is 0 Å². The van der Waals surface area contributed by atoms with E-state index in [2.05, 4.69) is 0 Å². The van der Waals surface area contributed by atoms with Crippen LogP contribution >= 0.6 is 37.5 Å². The van der Waals surface area contributed by atoms with Crippen molar-refractivity contribution in [3.8, 4) is 0 Å². The van der Waals surface area contributed by atoms with Gasteiger partial charge in [-0.2, -0.15) is 37.5 Å². The second-order valence-electron chi connectivity index (χ2n) is 0.447. The first-order chi connectivity index (χ1) is 2.00. The summed E-state index contributed by atoms with van der Waals surface area (Å²) in [5.74, 6) is 0. The molecule has 3 unspecified atom stereocenters. The second kappa shape index (κ2) is 25.2. The average Bonchev–Trinajstić information content (AvgIpc) is 0.722. The summed E-state index contributed by atoms with van der Waals surface area (Å²) in [6, 6.07) is 0. The maximum atomic E-state index is 8.55. The molecule has 11 heavy (non-hydrogen) atoms. The number of hydrogen-bond acceptors (Lipinski definition) is 4. The summed E-state index contributed by atoms with van der Waals surface area (Å²) in [5, 5.41) is 0. The Morgan fingerprint density at radius 2 is 0.727 bits per heavy atom. The van der Waals surface area contributed by atoms with Gasteiger partial charge in [0.15, 0.2) is 0 Å². The average molecular weight is 314 g/mol. The van der Waals surface area contributed by atoms with Crippen molar-refractivity contribution in [3.05, 3.63) is 0 Å². The van der Waals surface area contributed by atoms with Gasteiger partial charge in [0.1, 0.15) is 0 Å². The largest absolute Gasteiger partial charge is 1.00 e. The van der Waals surface area contributed by atoms with Gasteiger partial charge in [0.25, 0.3) is 0 Å². The predicted octanol–water partition coefficient (Wildman–Crippen LogP) is -11.6. The van der Waals surface area contributed by atoms with Crippen molar-refractivity contribution in [3.63, 3.8) is 0 Å². The van der Waals surface area contributed by atoms with Crippen molar-refractivity contribution in [2.75, 3.05) is 0 Å². The van der Waals surface area contributed by atoms with Crippen LogP contribution < -0.4 is 169 Å². The van der Waals surface area contributed by atoms with Crippen molar-refractivity contribution in [2.24, 2.45) is 0 Å². The number of phosphoric acid groups is 1. The molecule has 0 fully saturated rings. The van der Waals surface area contributed by atoms with E-state index in [1.165, 1.54) is 0 Å². The predicted molar refractivity (Wildman–Crippen MR) is 40.9 cm³/mol. The third-order valence-electron chi connectivity index (χ3n) is 0. The maximum absolute atomic E-state index is 8.55. The molecule has 4 nitrogen and oxygen atoms in total. The van der Waals surface area contributed by atoms with Crippen molar-refractivity contribution in [2.45, 2.75) is 0 Å². The fraction of sp³-hybridized carbons (Fsp3) is 0. The molecule has 0 aromatic heterocycles. The summed E-state index contributed by atoms with van der Waals surface area (Å²) in [7, 11) is -5.39. The zero-order chi connectivity index (χ0) is 4.50. The van der Waals surface area contributed by atoms with Gasteiger partial charge in [0.2, 0.25) is 0 Å². The summed E-state index contributed by atoms with van der Waals surface area (Å²) >= 11 is 0. The van der Waals surface area contributed by atoms with E-state index in [9.17, 15) is 0 Å². The molecule has 0 spiro atoms. The number of hydrogen-bond donors (Lipinski definition) is 0. The van der Waals surface area contributed by atoms with Crippen molar-refractivity contribution in [1.82, 2.24) is 0 Å². The first kappa shape index (κ1) is 43.3. The molecule has 0 saturated heterocycles. The van der Waals surface area contributed by atoms with Gasteiger partial charge in [-0.15, -0.1) is 0 Å². The zero-order valence-corrected chi connectivity index (χ0v) is 21.7. The van der Waals surface area contributed by atoms with Gasteiger partial charge in [-0.3, -0.25) is 0 Å². The van der Waals surface area contributed by atoms with E-state index in [4.69, 9.17) is 19.2 Å². The van der Waals surface area contributed by atoms with E-state index < -0.39 is 7.82 Å². The van der Waals surface area contributed by atoms with Gasteiger partial charge in [-0.1, -0.05) is 0 Å². The Morgan fingerprint density at radius 3 is 0.727 bits per heavy atom. The van der Waals surface area contributed by atoms with Gasteiger partial charge in [0.05, 0.1) is 0 Å². The second-order valence-corrected chi connectivity index (χ2v) is 1.34. The third kappa shape index (κ3) is 83.9. The van der Waals surface area contributed by atoms with Crippen LogP contribution in [0.3, 0.4) is 0 Å². The standard InChI is InChI=1S/3K.H3O4P.3H3P/c;;;1-5(2,3)4;;;/h;;;(H3,1,2,3,4);3*1H3/q3*+1;;;;/p-3. The van der Waals surface area contributed by atoms with Gasteiger partial charge in [-0.25, -0.2) is 0 Å². The normalized spacial score (nSPS) is 5.36. The molecule has 0 amide bonds. The molecule has 0 aromatic rings. The zero-order valence-electron chi connectivity index (χ0n) is 7.20. The Hall–Kier alpha value is 6.31. The monoisotopic (exact) mass is 314 g/mol. The molecule has 11 heteroatoms. The van der Waals surface area contributed by atoms with Gasteiger partial charge < -0.3 is 19.2 Å². The smallest absolute Gasteiger partial charge is 0.822 e. The van der Waals surface area contributed by atoms with Gasteiger partial charge >= 0.3 is 154 Å². The molecule has 0 rings (SSSR count). The molecule has 0 aliphatic carbocycles. The van der Waals surface area contributed by atoms with Crippen molar-refractivity contribution >= 4 is 37.5 Å². The van der Waals surface area contributed by atoms with Crippen LogP contribution in [0, 0.1) is 0 Å². The molecular formula is H9K3O4P4. The van der Waals surface area contributed by atoms with Crippen LogP contribution in [-0.4, -0.2) is 0 Å². The molecule has 0 radical (unpaired) electrons. The SMILES string of the molecule is O=P([O-])([O-])[O-].P.P.P.[K+].[K+].[K+]. The first-order valence-corrected chi connectivity index (χ1v) is 2.19. The fourth-order valence-corrected chi connectivity index (χ4v) is 0. The Bertz CT molecular complexity index is 63.5. The minimum absolute atomic E-state index is 0. The van der Waals surface area contributed by atoms with E-state index in [0.717, 1.165) is 0 Å². The minimum atomic E-state index is -5.39. The summed E-state index contributed by atoms with van der Waals surface area (Å²) in [6.07, 6.45) is 0. The molecular weight excluding hydrogens is 305 g/mol. The van der Waals surface area contributed by atoms with Crippen LogP contribution in [-0.2, 0) is 4.57 Å². The van der Waals surface area contributed by atoms with E-state index in [-0.39, 0.29) is 184 Å². The fourth-order valence-electron chi connectivity index (χ4n) is 0. The Kier molecular flexibility index (Phi) is 99.4. The van der Waals surface area contributed by atoms with Gasteiger partial charge in [-0.05, 0) is 0 Å². The minimum Gasteiger partial charge on any atom is -0.822 e. The van der Waals surface area contributed by atoms with Crippen LogP contribution in [0.5, 0.6) is 0 Å². The van der Waals surface area contributed by atoms with E-state index in [1.807, 2.05) is 0 Å². The topological polar surface area (TPSA) is 86.2 Å². The quantitative estimate of drug-likeness (QED) is 0.328. The molecule has 0 N–H and O–H groups in total. The molecule has 0 bridgehead atoms.